The molecule has 2 heterocycles. The first-order valence-electron chi connectivity index (χ1n) is 15.2. The third kappa shape index (κ3) is 8.80. The molecule has 8 heteroatoms. The summed E-state index contributed by atoms with van der Waals surface area (Å²) in [6.07, 6.45) is 5.39. The Morgan fingerprint density at radius 1 is 1.02 bits per heavy atom. The van der Waals surface area contributed by atoms with E-state index in [0.29, 0.717) is 46.5 Å². The van der Waals surface area contributed by atoms with E-state index >= 15 is 0 Å². The van der Waals surface area contributed by atoms with E-state index in [4.69, 9.17) is 9.47 Å². The SMILES string of the molecule is COc1c(NC(=O)CC(C)C)cc(C(C)(C)C)cc1NC(=O)c1ccc(C)c(Oc2ccnc(CC3CCNCC3)c2)c1. The minimum atomic E-state index is -0.310. The van der Waals surface area contributed by atoms with Crippen LogP contribution in [0.4, 0.5) is 11.4 Å². The van der Waals surface area contributed by atoms with E-state index in [1.807, 2.05) is 51.1 Å². The molecule has 230 valence electrons. The van der Waals surface area contributed by atoms with Gasteiger partial charge in [0.1, 0.15) is 11.5 Å². The van der Waals surface area contributed by atoms with Crippen molar-refractivity contribution in [2.24, 2.45) is 11.8 Å². The fourth-order valence-corrected chi connectivity index (χ4v) is 5.23. The normalized spacial score (nSPS) is 14.0. The lowest BCUT2D eigenvalue weighted by Crippen LogP contribution is -2.28. The first-order chi connectivity index (χ1) is 20.4. The second-order valence-electron chi connectivity index (χ2n) is 12.9. The molecule has 8 nitrogen and oxygen atoms in total. The zero-order valence-electron chi connectivity index (χ0n) is 26.6. The van der Waals surface area contributed by atoms with Crippen LogP contribution in [-0.4, -0.2) is 37.0 Å². The van der Waals surface area contributed by atoms with Crippen LogP contribution in [0.2, 0.25) is 0 Å². The Bertz CT molecular complexity index is 1440. The van der Waals surface area contributed by atoms with E-state index in [0.717, 1.165) is 49.2 Å². The van der Waals surface area contributed by atoms with Crippen molar-refractivity contribution in [1.82, 2.24) is 10.3 Å². The zero-order chi connectivity index (χ0) is 31.1. The molecule has 0 unspecified atom stereocenters. The van der Waals surface area contributed by atoms with Gasteiger partial charge in [-0.1, -0.05) is 40.7 Å². The maximum atomic E-state index is 13.6. The molecule has 4 rings (SSSR count). The molecule has 1 aromatic heterocycles. The molecule has 1 aliphatic heterocycles. The standard InChI is InChI=1S/C35H46N4O4/c1-22(2)16-32(40)38-29-19-26(35(4,5)6)20-30(33(29)42-7)39-34(41)25-9-8-23(3)31(18-25)43-28-12-15-37-27(21-28)17-24-10-13-36-14-11-24/h8-9,12,15,18-22,24,36H,10-11,13-14,16-17H2,1-7H3,(H,38,40)(H,39,41). The fourth-order valence-electron chi connectivity index (χ4n) is 5.23. The Morgan fingerprint density at radius 2 is 1.72 bits per heavy atom. The summed E-state index contributed by atoms with van der Waals surface area (Å²) in [6, 6.07) is 13.1. The number of benzene rings is 2. The monoisotopic (exact) mass is 586 g/mol. The maximum absolute atomic E-state index is 13.6. The first-order valence-corrected chi connectivity index (χ1v) is 15.2. The largest absolute Gasteiger partial charge is 0.492 e. The summed E-state index contributed by atoms with van der Waals surface area (Å²) >= 11 is 0. The number of nitrogens with one attached hydrogen (secondary N) is 3. The van der Waals surface area contributed by atoms with Crippen molar-refractivity contribution in [3.63, 3.8) is 0 Å². The smallest absolute Gasteiger partial charge is 0.255 e. The van der Waals surface area contributed by atoms with E-state index in [1.54, 1.807) is 18.3 Å². The van der Waals surface area contributed by atoms with Crippen LogP contribution in [0.25, 0.3) is 0 Å². The highest BCUT2D eigenvalue weighted by atomic mass is 16.5. The van der Waals surface area contributed by atoms with Gasteiger partial charge in [-0.05, 0) is 98.0 Å². The number of piperidine rings is 1. The van der Waals surface area contributed by atoms with E-state index in [2.05, 4.69) is 41.7 Å². The number of methoxy groups -OCH3 is 1. The van der Waals surface area contributed by atoms with Crippen LogP contribution in [0.1, 0.15) is 81.1 Å². The van der Waals surface area contributed by atoms with Crippen molar-refractivity contribution in [3.8, 4) is 17.2 Å². The van der Waals surface area contributed by atoms with Crippen molar-refractivity contribution in [2.75, 3.05) is 30.8 Å². The molecule has 0 saturated carbocycles. The van der Waals surface area contributed by atoms with Gasteiger partial charge in [-0.2, -0.15) is 0 Å². The van der Waals surface area contributed by atoms with Gasteiger partial charge in [0.05, 0.1) is 18.5 Å². The van der Waals surface area contributed by atoms with Crippen molar-refractivity contribution in [3.05, 3.63) is 71.0 Å². The molecular formula is C35H46N4O4. The van der Waals surface area contributed by atoms with Gasteiger partial charge in [0.2, 0.25) is 5.91 Å². The lowest BCUT2D eigenvalue weighted by atomic mass is 9.86. The molecule has 0 spiro atoms. The van der Waals surface area contributed by atoms with Gasteiger partial charge >= 0.3 is 0 Å². The summed E-state index contributed by atoms with van der Waals surface area (Å²) < 4.78 is 12.0. The second kappa shape index (κ2) is 14.0. The number of anilines is 2. The highest BCUT2D eigenvalue weighted by Crippen LogP contribution is 2.39. The van der Waals surface area contributed by atoms with Gasteiger partial charge in [-0.15, -0.1) is 0 Å². The van der Waals surface area contributed by atoms with Crippen LogP contribution in [0.3, 0.4) is 0 Å². The van der Waals surface area contributed by atoms with Gasteiger partial charge in [0.15, 0.2) is 5.75 Å². The summed E-state index contributed by atoms with van der Waals surface area (Å²) in [5, 5.41) is 9.42. The van der Waals surface area contributed by atoms with Crippen molar-refractivity contribution in [2.45, 2.75) is 72.6 Å². The van der Waals surface area contributed by atoms with Gasteiger partial charge in [-0.25, -0.2) is 0 Å². The molecule has 1 aliphatic rings. The van der Waals surface area contributed by atoms with Crippen LogP contribution >= 0.6 is 0 Å². The van der Waals surface area contributed by atoms with Crippen molar-refractivity contribution < 1.29 is 19.1 Å². The summed E-state index contributed by atoms with van der Waals surface area (Å²) in [5.74, 6) is 2.12. The van der Waals surface area contributed by atoms with Crippen LogP contribution in [-0.2, 0) is 16.6 Å². The predicted octanol–water partition coefficient (Wildman–Crippen LogP) is 7.27. The number of aryl methyl sites for hydroxylation is 1. The lowest BCUT2D eigenvalue weighted by Gasteiger charge is -2.24. The lowest BCUT2D eigenvalue weighted by molar-refractivity contribution is -0.116. The molecule has 0 bridgehead atoms. The minimum absolute atomic E-state index is 0.105. The molecule has 0 atom stereocenters. The molecule has 3 N–H and O–H groups in total. The highest BCUT2D eigenvalue weighted by molar-refractivity contribution is 6.06. The van der Waals surface area contributed by atoms with E-state index in [-0.39, 0.29) is 23.1 Å². The predicted molar refractivity (Wildman–Crippen MR) is 173 cm³/mol. The van der Waals surface area contributed by atoms with Gasteiger partial charge in [0.25, 0.3) is 5.91 Å². The van der Waals surface area contributed by atoms with Crippen LogP contribution in [0.5, 0.6) is 17.2 Å². The Morgan fingerprint density at radius 3 is 2.37 bits per heavy atom. The van der Waals surface area contributed by atoms with Crippen LogP contribution in [0, 0.1) is 18.8 Å². The van der Waals surface area contributed by atoms with Crippen molar-refractivity contribution in [1.29, 1.82) is 0 Å². The quantitative estimate of drug-likeness (QED) is 0.231. The average Bonchev–Trinajstić information content (AvgIpc) is 2.94. The van der Waals surface area contributed by atoms with Gasteiger partial charge < -0.3 is 25.4 Å². The van der Waals surface area contributed by atoms with Gasteiger partial charge in [0, 0.05) is 29.9 Å². The van der Waals surface area contributed by atoms with Gasteiger partial charge in [-0.3, -0.25) is 14.6 Å². The van der Waals surface area contributed by atoms with Crippen molar-refractivity contribution >= 4 is 23.2 Å². The number of nitrogens with zero attached hydrogens (tertiary/aromatic N) is 1. The summed E-state index contributed by atoms with van der Waals surface area (Å²) in [4.78, 5) is 30.8. The number of amides is 2. The van der Waals surface area contributed by atoms with E-state index < -0.39 is 0 Å². The Hall–Kier alpha value is -3.91. The summed E-state index contributed by atoms with van der Waals surface area (Å²) in [5.41, 5.74) is 4.11. The molecule has 1 saturated heterocycles. The third-order valence-corrected chi connectivity index (χ3v) is 7.70. The first kappa shape index (κ1) is 32.0. The second-order valence-corrected chi connectivity index (χ2v) is 12.9. The third-order valence-electron chi connectivity index (χ3n) is 7.70. The highest BCUT2D eigenvalue weighted by Gasteiger charge is 2.23. The number of hydrogen-bond acceptors (Lipinski definition) is 6. The molecule has 2 amide bonds. The molecule has 0 radical (unpaired) electrons. The number of ether oxygens (including phenoxy) is 2. The summed E-state index contributed by atoms with van der Waals surface area (Å²) in [6.45, 7) is 14.3. The van der Waals surface area contributed by atoms with E-state index in [1.165, 1.54) is 7.11 Å². The minimum Gasteiger partial charge on any atom is -0.492 e. The topological polar surface area (TPSA) is 102 Å². The molecule has 2 aromatic carbocycles. The average molecular weight is 587 g/mol. The van der Waals surface area contributed by atoms with Crippen LogP contribution in [0.15, 0.2) is 48.7 Å². The molecule has 1 fully saturated rings. The molecule has 3 aromatic rings. The Labute approximate surface area is 256 Å². The number of carbonyl (C=O) groups excluding carboxylic acids is 2. The number of rotatable bonds is 10. The number of aromatic nitrogens is 1. The maximum Gasteiger partial charge on any atom is 0.255 e. The molecular weight excluding hydrogens is 540 g/mol. The van der Waals surface area contributed by atoms with Crippen LogP contribution < -0.4 is 25.4 Å². The number of carbonyl (C=O) groups is 2. The zero-order valence-corrected chi connectivity index (χ0v) is 26.6. The van der Waals surface area contributed by atoms with E-state index in [9.17, 15) is 9.59 Å². The number of hydrogen-bond donors (Lipinski definition) is 3. The molecule has 43 heavy (non-hydrogen) atoms. The Balaban J connectivity index is 1.57. The molecule has 0 aliphatic carbocycles. The number of pyridine rings is 1. The summed E-state index contributed by atoms with van der Waals surface area (Å²) in [7, 11) is 1.53. The Kier molecular flexibility index (Phi) is 10.5. The fraction of sp³-hybridized carbons (Fsp3) is 0.457.